The minimum Gasteiger partial charge on any atom is -0.399 e. The molecule has 26 heavy (non-hydrogen) atoms. The molecule has 3 N–H and O–H groups in total. The Bertz CT molecular complexity index is 915. The van der Waals surface area contributed by atoms with Crippen LogP contribution in [0.2, 0.25) is 0 Å². The lowest BCUT2D eigenvalue weighted by Crippen LogP contribution is -2.19. The van der Waals surface area contributed by atoms with Crippen molar-refractivity contribution in [3.63, 3.8) is 0 Å². The second-order valence-corrected chi connectivity index (χ2v) is 5.67. The van der Waals surface area contributed by atoms with Crippen molar-refractivity contribution in [3.8, 4) is 0 Å². The Labute approximate surface area is 152 Å². The first kappa shape index (κ1) is 17.2. The van der Waals surface area contributed by atoms with Gasteiger partial charge in [0.25, 0.3) is 5.91 Å². The molecule has 0 fully saturated rings. The molecule has 0 atom stereocenters. The topological polar surface area (TPSA) is 67.5 Å². The van der Waals surface area contributed by atoms with Crippen molar-refractivity contribution in [2.24, 2.45) is 5.10 Å². The predicted octanol–water partition coefficient (Wildman–Crippen LogP) is 4.12. The molecule has 3 aromatic carbocycles. The molecule has 0 aromatic heterocycles. The zero-order valence-corrected chi connectivity index (χ0v) is 14.2. The fraction of sp³-hybridized carbons (Fsp3) is 0. The number of hydrogen-bond acceptors (Lipinski definition) is 3. The number of carbonyl (C=O) groups is 1. The van der Waals surface area contributed by atoms with Crippen molar-refractivity contribution in [3.05, 3.63) is 108 Å². The molecule has 0 unspecified atom stereocenters. The first-order valence-corrected chi connectivity index (χ1v) is 8.24. The normalized spacial score (nSPS) is 11.5. The van der Waals surface area contributed by atoms with Crippen LogP contribution in [0.15, 0.2) is 96.1 Å². The monoisotopic (exact) mass is 341 g/mol. The molecule has 128 valence electrons. The van der Waals surface area contributed by atoms with Crippen LogP contribution < -0.4 is 11.2 Å². The number of benzene rings is 3. The number of nitrogen functional groups attached to an aromatic ring is 1. The van der Waals surface area contributed by atoms with Crippen molar-refractivity contribution >= 4 is 23.4 Å². The van der Waals surface area contributed by atoms with Crippen molar-refractivity contribution in [1.82, 2.24) is 5.43 Å². The van der Waals surface area contributed by atoms with E-state index in [2.05, 4.69) is 10.5 Å². The van der Waals surface area contributed by atoms with Gasteiger partial charge in [-0.3, -0.25) is 4.79 Å². The highest BCUT2D eigenvalue weighted by Gasteiger charge is 2.05. The van der Waals surface area contributed by atoms with Crippen LogP contribution in [0.4, 0.5) is 5.69 Å². The molecule has 4 heteroatoms. The van der Waals surface area contributed by atoms with Gasteiger partial charge in [-0.05, 0) is 35.9 Å². The molecule has 3 rings (SSSR count). The van der Waals surface area contributed by atoms with E-state index in [9.17, 15) is 4.79 Å². The lowest BCUT2D eigenvalue weighted by atomic mass is 10.1. The molecule has 0 spiro atoms. The summed E-state index contributed by atoms with van der Waals surface area (Å²) in [4.78, 5) is 12.3. The van der Waals surface area contributed by atoms with E-state index >= 15 is 0 Å². The number of rotatable bonds is 5. The first-order chi connectivity index (χ1) is 12.7. The van der Waals surface area contributed by atoms with Gasteiger partial charge in [-0.15, -0.1) is 0 Å². The molecule has 0 radical (unpaired) electrons. The second-order valence-electron chi connectivity index (χ2n) is 5.67. The van der Waals surface area contributed by atoms with Gasteiger partial charge in [0, 0.05) is 16.8 Å². The third kappa shape index (κ3) is 4.68. The summed E-state index contributed by atoms with van der Waals surface area (Å²) in [5.41, 5.74) is 12.0. The van der Waals surface area contributed by atoms with Gasteiger partial charge in [0.05, 0.1) is 5.71 Å². The molecule has 0 bridgehead atoms. The fourth-order valence-electron chi connectivity index (χ4n) is 2.36. The summed E-state index contributed by atoms with van der Waals surface area (Å²) in [7, 11) is 0. The third-order valence-corrected chi connectivity index (χ3v) is 3.75. The molecular weight excluding hydrogens is 322 g/mol. The number of anilines is 1. The summed E-state index contributed by atoms with van der Waals surface area (Å²) in [6.45, 7) is 0. The molecule has 1 amide bonds. The Kier molecular flexibility index (Phi) is 5.58. The van der Waals surface area contributed by atoms with E-state index in [1.807, 2.05) is 72.8 Å². The van der Waals surface area contributed by atoms with Gasteiger partial charge < -0.3 is 5.73 Å². The van der Waals surface area contributed by atoms with Crippen molar-refractivity contribution in [1.29, 1.82) is 0 Å². The van der Waals surface area contributed by atoms with Gasteiger partial charge in [0.1, 0.15) is 0 Å². The second kappa shape index (κ2) is 8.44. The molecule has 0 saturated carbocycles. The van der Waals surface area contributed by atoms with Crippen molar-refractivity contribution in [2.45, 2.75) is 0 Å². The molecule has 0 aliphatic carbocycles. The molecule has 0 heterocycles. The zero-order chi connectivity index (χ0) is 18.2. The maximum absolute atomic E-state index is 12.3. The van der Waals surface area contributed by atoms with Crippen molar-refractivity contribution in [2.75, 3.05) is 5.73 Å². The largest absolute Gasteiger partial charge is 0.399 e. The van der Waals surface area contributed by atoms with E-state index in [0.29, 0.717) is 17.0 Å². The Hall–Kier alpha value is -3.66. The van der Waals surface area contributed by atoms with E-state index in [0.717, 1.165) is 11.1 Å². The Morgan fingerprint density at radius 1 is 0.808 bits per heavy atom. The van der Waals surface area contributed by atoms with E-state index in [-0.39, 0.29) is 5.91 Å². The zero-order valence-electron chi connectivity index (χ0n) is 14.2. The molecule has 0 aliphatic rings. The third-order valence-electron chi connectivity index (χ3n) is 3.75. The van der Waals surface area contributed by atoms with Crippen LogP contribution in [-0.2, 0) is 0 Å². The van der Waals surface area contributed by atoms with Crippen LogP contribution in [0, 0.1) is 0 Å². The number of nitrogens with zero attached hydrogens (tertiary/aromatic N) is 1. The summed E-state index contributed by atoms with van der Waals surface area (Å²) in [6.07, 6.45) is 3.84. The average Bonchev–Trinajstić information content (AvgIpc) is 2.70. The summed E-state index contributed by atoms with van der Waals surface area (Å²) in [5.74, 6) is -0.286. The van der Waals surface area contributed by atoms with Gasteiger partial charge >= 0.3 is 0 Å². The number of nitrogens with one attached hydrogen (secondary N) is 1. The summed E-state index contributed by atoms with van der Waals surface area (Å²) in [5, 5.41) is 4.31. The Morgan fingerprint density at radius 3 is 2.08 bits per heavy atom. The predicted molar refractivity (Wildman–Crippen MR) is 107 cm³/mol. The van der Waals surface area contributed by atoms with E-state index < -0.39 is 0 Å². The highest BCUT2D eigenvalue weighted by atomic mass is 16.2. The average molecular weight is 341 g/mol. The number of nitrogens with two attached hydrogens (primary N) is 1. The lowest BCUT2D eigenvalue weighted by molar-refractivity contribution is 0.0955. The van der Waals surface area contributed by atoms with Gasteiger partial charge in [0.2, 0.25) is 0 Å². The minimum absolute atomic E-state index is 0.286. The quantitative estimate of drug-likeness (QED) is 0.416. The maximum atomic E-state index is 12.3. The Balaban J connectivity index is 1.83. The SMILES string of the molecule is Nc1ccc(C(=O)N/N=C(\C=C\c2ccccc2)c2ccccc2)cc1. The highest BCUT2D eigenvalue weighted by Crippen LogP contribution is 2.08. The number of allylic oxidation sites excluding steroid dienone is 1. The lowest BCUT2D eigenvalue weighted by Gasteiger charge is -2.04. The highest BCUT2D eigenvalue weighted by molar-refractivity contribution is 6.11. The van der Waals surface area contributed by atoms with E-state index in [1.165, 1.54) is 0 Å². The molecule has 0 saturated heterocycles. The first-order valence-electron chi connectivity index (χ1n) is 8.24. The van der Waals surface area contributed by atoms with Crippen LogP contribution in [0.1, 0.15) is 21.5 Å². The van der Waals surface area contributed by atoms with E-state index in [4.69, 9.17) is 5.73 Å². The van der Waals surface area contributed by atoms with Crippen LogP contribution in [-0.4, -0.2) is 11.6 Å². The van der Waals surface area contributed by atoms with Crippen LogP contribution in [0.25, 0.3) is 6.08 Å². The summed E-state index contributed by atoms with van der Waals surface area (Å²) in [6, 6.07) is 26.3. The molecule has 4 nitrogen and oxygen atoms in total. The van der Waals surface area contributed by atoms with Gasteiger partial charge in [-0.25, -0.2) is 5.43 Å². The minimum atomic E-state index is -0.286. The molecule has 3 aromatic rings. The number of hydrazone groups is 1. The van der Waals surface area contributed by atoms with Gasteiger partial charge in [0.15, 0.2) is 0 Å². The van der Waals surface area contributed by atoms with Crippen LogP contribution >= 0.6 is 0 Å². The number of hydrogen-bond donors (Lipinski definition) is 2. The number of carbonyl (C=O) groups excluding carboxylic acids is 1. The fourth-order valence-corrected chi connectivity index (χ4v) is 2.36. The number of amides is 1. The summed E-state index contributed by atoms with van der Waals surface area (Å²) >= 11 is 0. The van der Waals surface area contributed by atoms with Crippen LogP contribution in [0.3, 0.4) is 0 Å². The Morgan fingerprint density at radius 2 is 1.42 bits per heavy atom. The van der Waals surface area contributed by atoms with Gasteiger partial charge in [-0.2, -0.15) is 5.10 Å². The standard InChI is InChI=1S/C22H19N3O/c23-20-14-12-19(13-15-20)22(26)25-24-21(18-9-5-2-6-10-18)16-11-17-7-3-1-4-8-17/h1-16H,23H2,(H,25,26)/b16-11+,24-21+. The smallest absolute Gasteiger partial charge is 0.271 e. The molecule has 0 aliphatic heterocycles. The van der Waals surface area contributed by atoms with Crippen LogP contribution in [0.5, 0.6) is 0 Å². The van der Waals surface area contributed by atoms with Gasteiger partial charge in [-0.1, -0.05) is 66.7 Å². The van der Waals surface area contributed by atoms with Crippen molar-refractivity contribution < 1.29 is 4.79 Å². The summed E-state index contributed by atoms with van der Waals surface area (Å²) < 4.78 is 0. The maximum Gasteiger partial charge on any atom is 0.271 e. The molecular formula is C22H19N3O. The van der Waals surface area contributed by atoms with E-state index in [1.54, 1.807) is 24.3 Å².